The summed E-state index contributed by atoms with van der Waals surface area (Å²) in [6.07, 6.45) is 0. The first kappa shape index (κ1) is 45.5. The second-order valence-corrected chi connectivity index (χ2v) is 17.7. The van der Waals surface area contributed by atoms with Gasteiger partial charge in [0.05, 0.1) is 23.7 Å². The number of benzene rings is 6. The minimum Gasteiger partial charge on any atom is -0.481 e. The molecule has 1 saturated carbocycles. The van der Waals surface area contributed by atoms with Gasteiger partial charge in [-0.1, -0.05) is 121 Å². The van der Waals surface area contributed by atoms with E-state index >= 15 is 0 Å². The van der Waals surface area contributed by atoms with Crippen LogP contribution >= 0.6 is 23.5 Å². The number of ether oxygens (including phenoxy) is 2. The second-order valence-electron chi connectivity index (χ2n) is 15.5. The number of carboxylic acid groups (broad SMARTS) is 2. The molecule has 10 nitrogen and oxygen atoms in total. The molecular formula is C52H50N2O8S2. The summed E-state index contributed by atoms with van der Waals surface area (Å²) in [5.41, 5.74) is 3.76. The minimum atomic E-state index is -1.54. The number of para-hydroxylation sites is 2. The number of aliphatic carboxylic acids is 2. The van der Waals surface area contributed by atoms with Crippen LogP contribution in [0.2, 0.25) is 0 Å². The van der Waals surface area contributed by atoms with Crippen LogP contribution in [0.25, 0.3) is 0 Å². The van der Waals surface area contributed by atoms with Crippen molar-refractivity contribution < 1.29 is 38.9 Å². The van der Waals surface area contributed by atoms with E-state index in [0.29, 0.717) is 46.0 Å². The van der Waals surface area contributed by atoms with Gasteiger partial charge in [0.1, 0.15) is 23.0 Å². The first-order valence-corrected chi connectivity index (χ1v) is 23.4. The van der Waals surface area contributed by atoms with Gasteiger partial charge in [0.25, 0.3) is 0 Å². The van der Waals surface area contributed by atoms with Gasteiger partial charge >= 0.3 is 11.9 Å². The summed E-state index contributed by atoms with van der Waals surface area (Å²) in [5.74, 6) is -4.96. The van der Waals surface area contributed by atoms with Crippen LogP contribution in [0.15, 0.2) is 170 Å². The average Bonchev–Trinajstić information content (AvgIpc) is 3.30. The monoisotopic (exact) mass is 894 g/mol. The molecule has 12 heteroatoms. The molecular weight excluding hydrogens is 845 g/mol. The number of nitrogens with zero attached hydrogens (tertiary/aromatic N) is 2. The number of amides is 2. The smallest absolute Gasteiger partial charge is 0.308 e. The lowest BCUT2D eigenvalue weighted by molar-refractivity contribution is -0.187. The molecule has 0 radical (unpaired) electrons. The van der Waals surface area contributed by atoms with E-state index in [1.54, 1.807) is 57.6 Å². The van der Waals surface area contributed by atoms with Gasteiger partial charge in [-0.3, -0.25) is 19.2 Å². The number of hydrogen-bond donors (Lipinski definition) is 2. The SMILES string of the molecule is O=C(O)C1C(C(=O)N(CCSCc2ccccc2)Cc2ccc(Oc3ccccc3)cc2)C(C(=O)O)C1C(=O)N(CCSCc1ccccc1)Cc1ccc(Oc2ccccc2)cc1. The zero-order valence-corrected chi connectivity index (χ0v) is 36.8. The fraction of sp³-hybridized carbons (Fsp3) is 0.231. The topological polar surface area (TPSA) is 134 Å². The zero-order valence-electron chi connectivity index (χ0n) is 35.2. The van der Waals surface area contributed by atoms with Gasteiger partial charge in [-0.25, -0.2) is 0 Å². The number of rotatable bonds is 22. The van der Waals surface area contributed by atoms with E-state index in [2.05, 4.69) is 0 Å². The summed E-state index contributed by atoms with van der Waals surface area (Å²) >= 11 is 3.24. The largest absolute Gasteiger partial charge is 0.481 e. The van der Waals surface area contributed by atoms with Gasteiger partial charge in [-0.15, -0.1) is 0 Å². The summed E-state index contributed by atoms with van der Waals surface area (Å²) < 4.78 is 11.9. The van der Waals surface area contributed by atoms with E-state index in [1.807, 2.05) is 146 Å². The number of hydrogen-bond acceptors (Lipinski definition) is 8. The zero-order chi connectivity index (χ0) is 44.7. The van der Waals surface area contributed by atoms with Crippen molar-refractivity contribution in [1.29, 1.82) is 0 Å². The maximum atomic E-state index is 14.7. The van der Waals surface area contributed by atoms with Crippen molar-refractivity contribution in [2.24, 2.45) is 23.7 Å². The van der Waals surface area contributed by atoms with Gasteiger partial charge in [-0.2, -0.15) is 23.5 Å². The third kappa shape index (κ3) is 12.4. The van der Waals surface area contributed by atoms with Crippen molar-refractivity contribution in [3.63, 3.8) is 0 Å². The Kier molecular flexibility index (Phi) is 16.2. The molecule has 0 aromatic heterocycles. The molecule has 0 atom stereocenters. The van der Waals surface area contributed by atoms with E-state index in [4.69, 9.17) is 9.47 Å². The number of carbonyl (C=O) groups is 4. The molecule has 1 aliphatic rings. The third-order valence-electron chi connectivity index (χ3n) is 11.1. The molecule has 6 aromatic rings. The van der Waals surface area contributed by atoms with E-state index in [0.717, 1.165) is 22.3 Å². The predicted octanol–water partition coefficient (Wildman–Crippen LogP) is 10.1. The molecule has 0 saturated heterocycles. The number of thioether (sulfide) groups is 2. The predicted molar refractivity (Wildman–Crippen MR) is 251 cm³/mol. The van der Waals surface area contributed by atoms with Crippen molar-refractivity contribution in [3.8, 4) is 23.0 Å². The highest BCUT2D eigenvalue weighted by atomic mass is 32.2. The highest BCUT2D eigenvalue weighted by Crippen LogP contribution is 2.49. The Labute approximate surface area is 382 Å². The lowest BCUT2D eigenvalue weighted by Gasteiger charge is -2.48. The van der Waals surface area contributed by atoms with Gasteiger partial charge in [0.15, 0.2) is 0 Å². The molecule has 7 rings (SSSR count). The standard InChI is InChI=1S/C52H50N2O8S2/c55-49(53(29-31-63-35-39-13-5-1-6-14-39)33-37-21-25-43(26-22-37)61-41-17-9-3-10-18-41)45-47(51(57)58)46(48(45)52(59)60)50(56)54(30-32-64-36-40-15-7-2-8-16-40)34-38-23-27-44(28-24-38)62-42-19-11-4-12-20-42/h1-28,45-48H,29-36H2,(H,57,58)(H,59,60). The first-order chi connectivity index (χ1) is 31.2. The Hall–Kier alpha value is -6.50. The van der Waals surface area contributed by atoms with Crippen LogP contribution in [-0.4, -0.2) is 68.4 Å². The lowest BCUT2D eigenvalue weighted by Crippen LogP contribution is -2.64. The minimum absolute atomic E-state index is 0.110. The van der Waals surface area contributed by atoms with Crippen LogP contribution in [0.3, 0.4) is 0 Å². The van der Waals surface area contributed by atoms with Crippen LogP contribution in [0, 0.1) is 23.7 Å². The van der Waals surface area contributed by atoms with Crippen molar-refractivity contribution >= 4 is 47.3 Å². The van der Waals surface area contributed by atoms with Crippen molar-refractivity contribution in [1.82, 2.24) is 9.80 Å². The molecule has 328 valence electrons. The number of carboxylic acids is 2. The molecule has 0 spiro atoms. The second kappa shape index (κ2) is 22.7. The van der Waals surface area contributed by atoms with Crippen LogP contribution in [-0.2, 0) is 43.8 Å². The van der Waals surface area contributed by atoms with Gasteiger partial charge in [0, 0.05) is 49.2 Å². The Bertz CT molecular complexity index is 2250. The van der Waals surface area contributed by atoms with Crippen LogP contribution in [0.5, 0.6) is 23.0 Å². The van der Waals surface area contributed by atoms with E-state index in [-0.39, 0.29) is 26.2 Å². The summed E-state index contributed by atoms with van der Waals surface area (Å²) in [7, 11) is 0. The highest BCUT2D eigenvalue weighted by molar-refractivity contribution is 7.98. The molecule has 0 aliphatic heterocycles. The molecule has 6 aromatic carbocycles. The first-order valence-electron chi connectivity index (χ1n) is 21.1. The fourth-order valence-electron chi connectivity index (χ4n) is 7.83. The van der Waals surface area contributed by atoms with E-state index in [1.165, 1.54) is 0 Å². The molecule has 0 bridgehead atoms. The quantitative estimate of drug-likeness (QED) is 0.0635. The lowest BCUT2D eigenvalue weighted by atomic mass is 9.55. The highest BCUT2D eigenvalue weighted by Gasteiger charge is 2.64. The molecule has 1 fully saturated rings. The molecule has 2 amide bonds. The Morgan fingerprint density at radius 3 is 1.05 bits per heavy atom. The molecule has 0 unspecified atom stereocenters. The average molecular weight is 895 g/mol. The van der Waals surface area contributed by atoms with Gasteiger partial charge in [-0.05, 0) is 70.8 Å². The van der Waals surface area contributed by atoms with Crippen molar-refractivity contribution in [2.75, 3.05) is 24.6 Å². The number of carbonyl (C=O) groups excluding carboxylic acids is 2. The van der Waals surface area contributed by atoms with Crippen LogP contribution < -0.4 is 9.47 Å². The fourth-order valence-corrected chi connectivity index (χ4v) is 9.67. The summed E-state index contributed by atoms with van der Waals surface area (Å²) in [6, 6.07) is 53.1. The van der Waals surface area contributed by atoms with E-state index < -0.39 is 47.4 Å². The maximum Gasteiger partial charge on any atom is 0.308 e. The molecule has 0 heterocycles. The Balaban J connectivity index is 1.10. The third-order valence-corrected chi connectivity index (χ3v) is 13.1. The van der Waals surface area contributed by atoms with E-state index in [9.17, 15) is 29.4 Å². The van der Waals surface area contributed by atoms with Gasteiger partial charge < -0.3 is 29.5 Å². The van der Waals surface area contributed by atoms with Gasteiger partial charge in [0.2, 0.25) is 11.8 Å². The van der Waals surface area contributed by atoms with Crippen molar-refractivity contribution in [2.45, 2.75) is 24.6 Å². The Morgan fingerprint density at radius 1 is 0.406 bits per heavy atom. The molecule has 64 heavy (non-hydrogen) atoms. The van der Waals surface area contributed by atoms with Crippen LogP contribution in [0.4, 0.5) is 0 Å². The summed E-state index contributed by atoms with van der Waals surface area (Å²) in [5, 5.41) is 21.5. The van der Waals surface area contributed by atoms with Crippen molar-refractivity contribution in [3.05, 3.63) is 192 Å². The molecule has 1 aliphatic carbocycles. The Morgan fingerprint density at radius 2 is 0.719 bits per heavy atom. The molecule has 2 N–H and O–H groups in total. The summed E-state index contributed by atoms with van der Waals surface area (Å²) in [4.78, 5) is 58.8. The maximum absolute atomic E-state index is 14.7. The normalized spacial score (nSPS) is 16.5. The van der Waals surface area contributed by atoms with Crippen LogP contribution in [0.1, 0.15) is 22.3 Å². The summed E-state index contributed by atoms with van der Waals surface area (Å²) in [6.45, 7) is 0.694.